The average Bonchev–Trinajstić information content (AvgIpc) is 2.73. The third-order valence-corrected chi connectivity index (χ3v) is 5.40. The molecule has 0 N–H and O–H groups in total. The van der Waals surface area contributed by atoms with Crippen LogP contribution >= 0.6 is 0 Å². The predicted octanol–water partition coefficient (Wildman–Crippen LogP) is 6.58. The minimum absolute atomic E-state index is 0.227. The number of hydrogen-bond acceptors (Lipinski definition) is 4. The van der Waals surface area contributed by atoms with Gasteiger partial charge in [-0.25, -0.2) is 9.18 Å². The highest BCUT2D eigenvalue weighted by molar-refractivity contribution is 5.89. The molecule has 1 aliphatic rings. The van der Waals surface area contributed by atoms with E-state index in [9.17, 15) is 9.18 Å². The van der Waals surface area contributed by atoms with Gasteiger partial charge >= 0.3 is 5.97 Å². The highest BCUT2D eigenvalue weighted by Gasteiger charge is 2.26. The highest BCUT2D eigenvalue weighted by atomic mass is 19.1. The minimum Gasteiger partial charge on any atom is -0.462 e. The Kier molecular flexibility index (Phi) is 11.3. The molecule has 0 unspecified atom stereocenters. The van der Waals surface area contributed by atoms with Crippen molar-refractivity contribution in [3.63, 3.8) is 0 Å². The van der Waals surface area contributed by atoms with Gasteiger partial charge in [0.1, 0.15) is 5.82 Å². The van der Waals surface area contributed by atoms with E-state index in [1.54, 1.807) is 12.1 Å². The molecule has 1 aromatic carbocycles. The van der Waals surface area contributed by atoms with E-state index in [1.807, 2.05) is 0 Å². The summed E-state index contributed by atoms with van der Waals surface area (Å²) < 4.78 is 31.3. The zero-order valence-electron chi connectivity index (χ0n) is 18.1. The lowest BCUT2D eigenvalue weighted by molar-refractivity contribution is -0.207. The Labute approximate surface area is 175 Å². The second-order valence-electron chi connectivity index (χ2n) is 8.00. The summed E-state index contributed by atoms with van der Waals surface area (Å²) in [5.41, 5.74) is 0.565. The third-order valence-electron chi connectivity index (χ3n) is 5.40. The van der Waals surface area contributed by atoms with E-state index in [-0.39, 0.29) is 5.56 Å². The maximum absolute atomic E-state index is 14.5. The van der Waals surface area contributed by atoms with Crippen LogP contribution in [0.15, 0.2) is 18.2 Å². The summed E-state index contributed by atoms with van der Waals surface area (Å²) in [5, 5.41) is 0. The predicted molar refractivity (Wildman–Crippen MR) is 112 cm³/mol. The molecule has 1 aliphatic heterocycles. The monoisotopic (exact) mass is 408 g/mol. The van der Waals surface area contributed by atoms with Crippen molar-refractivity contribution in [3.8, 4) is 0 Å². The lowest BCUT2D eigenvalue weighted by Gasteiger charge is -2.29. The number of halogens is 1. The van der Waals surface area contributed by atoms with Gasteiger partial charge in [0, 0.05) is 11.5 Å². The van der Waals surface area contributed by atoms with Gasteiger partial charge in [-0.3, -0.25) is 0 Å². The molecule has 29 heavy (non-hydrogen) atoms. The molecule has 2 rings (SSSR count). The molecule has 1 saturated heterocycles. The van der Waals surface area contributed by atoms with Gasteiger partial charge in [0.25, 0.3) is 0 Å². The van der Waals surface area contributed by atoms with Crippen molar-refractivity contribution in [1.82, 2.24) is 0 Å². The van der Waals surface area contributed by atoms with Crippen molar-refractivity contribution in [2.24, 2.45) is 5.92 Å². The van der Waals surface area contributed by atoms with E-state index in [0.717, 1.165) is 25.7 Å². The van der Waals surface area contributed by atoms with Crippen LogP contribution in [-0.2, 0) is 14.2 Å². The summed E-state index contributed by atoms with van der Waals surface area (Å²) in [7, 11) is 0. The third kappa shape index (κ3) is 8.43. The summed E-state index contributed by atoms with van der Waals surface area (Å²) in [6.45, 7) is 5.90. The van der Waals surface area contributed by atoms with Gasteiger partial charge in [0.05, 0.1) is 25.4 Å². The molecule has 5 heteroatoms. The van der Waals surface area contributed by atoms with Gasteiger partial charge in [-0.2, -0.15) is 0 Å². The molecule has 4 nitrogen and oxygen atoms in total. The van der Waals surface area contributed by atoms with Crippen LogP contribution in [0.4, 0.5) is 4.39 Å². The topological polar surface area (TPSA) is 44.8 Å². The van der Waals surface area contributed by atoms with Crippen molar-refractivity contribution in [1.29, 1.82) is 0 Å². The fourth-order valence-corrected chi connectivity index (χ4v) is 3.55. The first-order chi connectivity index (χ1) is 14.2. The molecular weight excluding hydrogens is 371 g/mol. The van der Waals surface area contributed by atoms with E-state index in [1.165, 1.54) is 44.6 Å². The number of hydrogen-bond donors (Lipinski definition) is 0. The second kappa shape index (κ2) is 13.7. The van der Waals surface area contributed by atoms with E-state index in [0.29, 0.717) is 31.3 Å². The van der Waals surface area contributed by atoms with Crippen LogP contribution in [0.5, 0.6) is 0 Å². The number of esters is 1. The number of carbonyl (C=O) groups is 1. The largest absolute Gasteiger partial charge is 0.462 e. The van der Waals surface area contributed by atoms with Crippen LogP contribution in [0, 0.1) is 11.7 Å². The van der Waals surface area contributed by atoms with E-state index < -0.39 is 18.1 Å². The zero-order chi connectivity index (χ0) is 20.9. The highest BCUT2D eigenvalue weighted by Crippen LogP contribution is 2.29. The quantitative estimate of drug-likeness (QED) is 0.273. The fraction of sp³-hybridized carbons (Fsp3) is 0.708. The Balaban J connectivity index is 1.74. The Morgan fingerprint density at radius 3 is 2.34 bits per heavy atom. The number of ether oxygens (including phenoxy) is 3. The van der Waals surface area contributed by atoms with E-state index >= 15 is 0 Å². The lowest BCUT2D eigenvalue weighted by atomic mass is 10.0. The van der Waals surface area contributed by atoms with Crippen molar-refractivity contribution in [2.45, 2.75) is 84.3 Å². The SMILES string of the molecule is CCCCCCCCOC(=O)c1ccc(C2OCC(CCCCC)CO2)c(F)c1. The number of carbonyl (C=O) groups excluding carboxylic acids is 1. The Morgan fingerprint density at radius 2 is 1.66 bits per heavy atom. The van der Waals surface area contributed by atoms with Crippen LogP contribution in [0.3, 0.4) is 0 Å². The first-order valence-electron chi connectivity index (χ1n) is 11.4. The first kappa shape index (κ1) is 23.8. The van der Waals surface area contributed by atoms with Gasteiger partial charge in [-0.15, -0.1) is 0 Å². The Hall–Kier alpha value is -1.46. The maximum atomic E-state index is 14.5. The van der Waals surface area contributed by atoms with Crippen LogP contribution < -0.4 is 0 Å². The van der Waals surface area contributed by atoms with Gasteiger partial charge in [0.15, 0.2) is 6.29 Å². The summed E-state index contributed by atoms with van der Waals surface area (Å²) in [5.74, 6) is -0.601. The smallest absolute Gasteiger partial charge is 0.338 e. The summed E-state index contributed by atoms with van der Waals surface area (Å²) >= 11 is 0. The van der Waals surface area contributed by atoms with Crippen LogP contribution in [0.25, 0.3) is 0 Å². The minimum atomic E-state index is -0.703. The number of rotatable bonds is 13. The average molecular weight is 409 g/mol. The van der Waals surface area contributed by atoms with Gasteiger partial charge in [0.2, 0.25) is 0 Å². The fourth-order valence-electron chi connectivity index (χ4n) is 3.55. The molecule has 0 aromatic heterocycles. The number of benzene rings is 1. The van der Waals surface area contributed by atoms with Crippen LogP contribution in [0.1, 0.15) is 100 Å². The molecule has 0 bridgehead atoms. The molecule has 1 fully saturated rings. The van der Waals surface area contributed by atoms with Gasteiger partial charge in [-0.05, 0) is 25.0 Å². The van der Waals surface area contributed by atoms with Crippen LogP contribution in [-0.4, -0.2) is 25.8 Å². The second-order valence-corrected chi connectivity index (χ2v) is 8.00. The van der Waals surface area contributed by atoms with Crippen molar-refractivity contribution in [3.05, 3.63) is 35.1 Å². The molecule has 0 spiro atoms. The van der Waals surface area contributed by atoms with Crippen molar-refractivity contribution >= 4 is 5.97 Å². The molecule has 0 saturated carbocycles. The van der Waals surface area contributed by atoms with E-state index in [4.69, 9.17) is 14.2 Å². The summed E-state index contributed by atoms with van der Waals surface area (Å²) in [4.78, 5) is 12.1. The van der Waals surface area contributed by atoms with E-state index in [2.05, 4.69) is 13.8 Å². The van der Waals surface area contributed by atoms with Crippen LogP contribution in [0.2, 0.25) is 0 Å². The first-order valence-corrected chi connectivity index (χ1v) is 11.4. The molecular formula is C24H37FO4. The van der Waals surface area contributed by atoms with Gasteiger partial charge in [-0.1, -0.05) is 71.3 Å². The number of unbranched alkanes of at least 4 members (excludes halogenated alkanes) is 7. The van der Waals surface area contributed by atoms with Crippen molar-refractivity contribution in [2.75, 3.05) is 19.8 Å². The molecule has 0 atom stereocenters. The normalized spacial score (nSPS) is 19.3. The summed E-state index contributed by atoms with van der Waals surface area (Å²) in [6, 6.07) is 4.37. The zero-order valence-corrected chi connectivity index (χ0v) is 18.1. The standard InChI is InChI=1S/C24H37FO4/c1-3-5-7-8-9-11-15-27-23(26)20-13-14-21(22(25)16-20)24-28-17-19(18-29-24)12-10-6-4-2/h13-14,16,19,24H,3-12,15,17-18H2,1-2H3. The maximum Gasteiger partial charge on any atom is 0.338 e. The molecule has 1 heterocycles. The summed E-state index contributed by atoms with van der Waals surface area (Å²) in [6.07, 6.45) is 10.7. The lowest BCUT2D eigenvalue weighted by Crippen LogP contribution is -2.27. The molecule has 0 amide bonds. The van der Waals surface area contributed by atoms with Crippen molar-refractivity contribution < 1.29 is 23.4 Å². The molecule has 0 radical (unpaired) electrons. The molecule has 164 valence electrons. The Bertz CT molecular complexity index is 597. The Morgan fingerprint density at radius 1 is 1.00 bits per heavy atom. The molecule has 1 aromatic rings. The van der Waals surface area contributed by atoms with Gasteiger partial charge < -0.3 is 14.2 Å². The molecule has 0 aliphatic carbocycles.